The number of piperazine rings is 2. The van der Waals surface area contributed by atoms with Gasteiger partial charge in [0.2, 0.25) is 0 Å². The van der Waals surface area contributed by atoms with E-state index < -0.39 is 0 Å². The molecule has 0 unspecified atom stereocenters. The minimum absolute atomic E-state index is 0. The fourth-order valence-corrected chi connectivity index (χ4v) is 4.57. The first-order chi connectivity index (χ1) is 20.0. The summed E-state index contributed by atoms with van der Waals surface area (Å²) in [6.45, 7) is 10.1. The van der Waals surface area contributed by atoms with Gasteiger partial charge in [-0.05, 0) is 13.8 Å². The van der Waals surface area contributed by atoms with Crippen LogP contribution in [0.3, 0.4) is 0 Å². The van der Waals surface area contributed by atoms with E-state index in [0.717, 1.165) is 62.1 Å². The molecule has 224 valence electrons. The van der Waals surface area contributed by atoms with Gasteiger partial charge in [-0.1, -0.05) is 71.0 Å². The number of benzene rings is 2. The van der Waals surface area contributed by atoms with Crippen molar-refractivity contribution in [2.24, 2.45) is 10.3 Å². The molecular formula is C29H41N7Na2O5. The van der Waals surface area contributed by atoms with Crippen LogP contribution in [0, 0.1) is 11.3 Å². The van der Waals surface area contributed by atoms with E-state index in [-0.39, 0.29) is 67.0 Å². The van der Waals surface area contributed by atoms with Gasteiger partial charge in [0, 0.05) is 62.5 Å². The molecule has 0 bridgehead atoms. The van der Waals surface area contributed by atoms with Crippen molar-refractivity contribution < 1.29 is 85.2 Å². The molecule has 2 aromatic carbocycles. The Hall–Kier alpha value is -2.18. The zero-order valence-electron chi connectivity index (χ0n) is 27.2. The van der Waals surface area contributed by atoms with Gasteiger partial charge in [-0.3, -0.25) is 9.69 Å². The van der Waals surface area contributed by atoms with Crippen LogP contribution in [0.25, 0.3) is 0 Å². The number of amidine groups is 2. The second-order valence-corrected chi connectivity index (χ2v) is 9.34. The molecule has 0 radical (unpaired) electrons. The third kappa shape index (κ3) is 14.4. The van der Waals surface area contributed by atoms with Crippen LogP contribution in [0.15, 0.2) is 71.0 Å². The second kappa shape index (κ2) is 24.2. The summed E-state index contributed by atoms with van der Waals surface area (Å²) in [7, 11) is 3.16. The van der Waals surface area contributed by atoms with Crippen LogP contribution in [0.2, 0.25) is 0 Å². The summed E-state index contributed by atoms with van der Waals surface area (Å²) in [5.41, 5.74) is 2.15. The van der Waals surface area contributed by atoms with Crippen molar-refractivity contribution in [1.29, 1.82) is 5.26 Å². The van der Waals surface area contributed by atoms with Crippen LogP contribution >= 0.6 is 0 Å². The van der Waals surface area contributed by atoms with Gasteiger partial charge in [-0.15, -0.1) is 0 Å². The average molecular weight is 614 g/mol. The molecule has 2 atom stereocenters. The Balaban J connectivity index is 0. The predicted molar refractivity (Wildman–Crippen MR) is 155 cm³/mol. The molecule has 14 heteroatoms. The largest absolute Gasteiger partial charge is 1.00 e. The fourth-order valence-electron chi connectivity index (χ4n) is 4.57. The van der Waals surface area contributed by atoms with E-state index >= 15 is 0 Å². The Kier molecular flexibility index (Phi) is 23.0. The van der Waals surface area contributed by atoms with Gasteiger partial charge in [0.05, 0.1) is 12.6 Å². The molecule has 2 aliphatic heterocycles. The van der Waals surface area contributed by atoms with Crippen molar-refractivity contribution in [3.63, 3.8) is 0 Å². The van der Waals surface area contributed by atoms with E-state index in [2.05, 4.69) is 67.3 Å². The van der Waals surface area contributed by atoms with Gasteiger partial charge >= 0.3 is 59.1 Å². The van der Waals surface area contributed by atoms with Crippen LogP contribution in [0.1, 0.15) is 26.4 Å². The van der Waals surface area contributed by atoms with Gasteiger partial charge < -0.3 is 36.4 Å². The molecule has 0 aliphatic carbocycles. The van der Waals surface area contributed by atoms with Gasteiger partial charge in [0.25, 0.3) is 6.47 Å². The number of oxime groups is 2. The minimum atomic E-state index is -0.181. The zero-order chi connectivity index (χ0) is 29.9. The molecule has 2 saturated heterocycles. The van der Waals surface area contributed by atoms with Crippen LogP contribution in [-0.4, -0.2) is 105 Å². The fraction of sp³-hybridized carbons (Fsp3) is 0.448. The summed E-state index contributed by atoms with van der Waals surface area (Å²) in [6, 6.07) is 23.2. The summed E-state index contributed by atoms with van der Waals surface area (Å²) in [5.74, 6) is 1.78. The van der Waals surface area contributed by atoms with Crippen LogP contribution < -0.4 is 69.7 Å². The van der Waals surface area contributed by atoms with Gasteiger partial charge in [0.1, 0.15) is 14.2 Å². The minimum Gasteiger partial charge on any atom is -1.00 e. The van der Waals surface area contributed by atoms with Crippen molar-refractivity contribution in [1.82, 2.24) is 20.0 Å². The number of carbonyl (C=O) groups is 1. The number of hydrogen-bond donors (Lipinski definition) is 1. The summed E-state index contributed by atoms with van der Waals surface area (Å²) < 4.78 is 0. The summed E-state index contributed by atoms with van der Waals surface area (Å²) in [5, 5.41) is 29.0. The Morgan fingerprint density at radius 3 is 1.84 bits per heavy atom. The smallest absolute Gasteiger partial charge is 1.00 e. The average Bonchev–Trinajstić information content (AvgIpc) is 3.01. The first kappa shape index (κ1) is 40.8. The number of nitriles is 1. The standard InChI is InChI=1S/C15H20N4O.C13H19N3O.CH2O3.2Na.H/c1-13-12-19(11-10-18(13)9-8-16)15(17-20-2)14-6-4-3-5-7-14;1-11-10-16(9-8-14-11)13(15-17-2)12-6-4-3-5-7-12;2-1-4-3;;;/h3-7,13H,9-12H2,1-2H3;3-7,11,14H,8-10H2,1-2H3;1,3H;;;/q;;;2*+1;-1/p-1/b17-15+;15-13+;;;;/t13-;11-;;;;/m11..../s1. The summed E-state index contributed by atoms with van der Waals surface area (Å²) in [6.07, 6.45) is 0. The van der Waals surface area contributed by atoms with Gasteiger partial charge in [-0.25, -0.2) is 0 Å². The first-order valence-corrected chi connectivity index (χ1v) is 13.4. The van der Waals surface area contributed by atoms with Crippen LogP contribution in [0.4, 0.5) is 0 Å². The quantitative estimate of drug-likeness (QED) is 0.0644. The van der Waals surface area contributed by atoms with E-state index in [4.69, 9.17) is 25.0 Å². The normalized spacial score (nSPS) is 18.5. The van der Waals surface area contributed by atoms with Crippen molar-refractivity contribution in [3.8, 4) is 6.07 Å². The summed E-state index contributed by atoms with van der Waals surface area (Å²) in [4.78, 5) is 27.9. The molecule has 12 nitrogen and oxygen atoms in total. The maximum atomic E-state index is 8.82. The number of nitrogens with zero attached hydrogens (tertiary/aromatic N) is 6. The monoisotopic (exact) mass is 613 g/mol. The van der Waals surface area contributed by atoms with E-state index in [9.17, 15) is 0 Å². The molecule has 43 heavy (non-hydrogen) atoms. The van der Waals surface area contributed by atoms with E-state index in [1.165, 1.54) is 0 Å². The Morgan fingerprint density at radius 2 is 1.44 bits per heavy atom. The predicted octanol–water partition coefficient (Wildman–Crippen LogP) is -4.63. The summed E-state index contributed by atoms with van der Waals surface area (Å²) >= 11 is 0. The second-order valence-electron chi connectivity index (χ2n) is 9.34. The molecule has 2 aromatic rings. The molecule has 2 heterocycles. The van der Waals surface area contributed by atoms with Crippen LogP contribution in [-0.2, 0) is 19.4 Å². The number of carbonyl (C=O) groups excluding carboxylic acids is 1. The first-order valence-electron chi connectivity index (χ1n) is 13.4. The van der Waals surface area contributed by atoms with Crippen LogP contribution in [0.5, 0.6) is 0 Å². The van der Waals surface area contributed by atoms with Crippen molar-refractivity contribution >= 4 is 18.1 Å². The number of hydrogen-bond acceptors (Lipinski definition) is 10. The molecule has 0 saturated carbocycles. The number of nitrogens with one attached hydrogen (secondary N) is 1. The molecule has 1 N–H and O–H groups in total. The maximum Gasteiger partial charge on any atom is 1.00 e. The van der Waals surface area contributed by atoms with Crippen molar-refractivity contribution in [2.45, 2.75) is 25.9 Å². The maximum absolute atomic E-state index is 8.82. The molecule has 2 fully saturated rings. The van der Waals surface area contributed by atoms with Crippen molar-refractivity contribution in [3.05, 3.63) is 71.8 Å². The topological polar surface area (TPSA) is 138 Å². The molecule has 4 rings (SSSR count). The third-order valence-corrected chi connectivity index (χ3v) is 6.47. The molecule has 0 amide bonds. The molecule has 2 aliphatic rings. The molecule has 0 aromatic heterocycles. The van der Waals surface area contributed by atoms with E-state index in [1.54, 1.807) is 14.2 Å². The van der Waals surface area contributed by atoms with E-state index in [0.29, 0.717) is 18.6 Å². The molecule has 0 spiro atoms. The molecular weight excluding hydrogens is 572 g/mol. The van der Waals surface area contributed by atoms with Gasteiger partial charge in [-0.2, -0.15) is 5.26 Å². The number of rotatable bonds is 6. The SMILES string of the molecule is CO/N=C(\c1ccccc1)N1CCN(CC#N)[C@H](C)C1.CO/N=C(\c1ccccc1)N1CCN[C@H](C)C1.O=CO[O-].[H-].[Na+].[Na+]. The Morgan fingerprint density at radius 1 is 0.953 bits per heavy atom. The Labute approximate surface area is 300 Å². The van der Waals surface area contributed by atoms with Crippen molar-refractivity contribution in [2.75, 3.05) is 60.0 Å². The van der Waals surface area contributed by atoms with Gasteiger partial charge in [0.15, 0.2) is 11.7 Å². The van der Waals surface area contributed by atoms with E-state index in [1.807, 2.05) is 48.5 Å². The zero-order valence-corrected chi connectivity index (χ0v) is 30.2. The Bertz CT molecular complexity index is 1130. The third-order valence-electron chi connectivity index (χ3n) is 6.47.